The summed E-state index contributed by atoms with van der Waals surface area (Å²) in [5.41, 5.74) is 9.98. The monoisotopic (exact) mass is 419 g/mol. The highest BCUT2D eigenvalue weighted by Gasteiger charge is 2.19. The Morgan fingerprint density at radius 1 is 1.23 bits per heavy atom. The molecule has 3 aromatic heterocycles. The Labute approximate surface area is 181 Å². The van der Waals surface area contributed by atoms with Crippen LogP contribution in [0.2, 0.25) is 0 Å². The number of nitrogens with two attached hydrogens (primary N) is 1. The molecule has 4 rings (SSSR count). The maximum absolute atomic E-state index is 12.8. The van der Waals surface area contributed by atoms with Gasteiger partial charge in [-0.3, -0.25) is 4.79 Å². The number of benzene rings is 1. The number of rotatable bonds is 6. The molecular formula is C23H29N7O. The van der Waals surface area contributed by atoms with Crippen LogP contribution in [-0.4, -0.2) is 30.6 Å². The highest BCUT2D eigenvalue weighted by molar-refractivity contribution is 5.96. The number of carbonyl (C=O) groups excluding carboxylic acids is 1. The zero-order valence-corrected chi connectivity index (χ0v) is 18.4. The van der Waals surface area contributed by atoms with Gasteiger partial charge in [-0.2, -0.15) is 5.10 Å². The van der Waals surface area contributed by atoms with E-state index in [1.54, 1.807) is 10.9 Å². The van der Waals surface area contributed by atoms with E-state index in [0.29, 0.717) is 24.5 Å². The Balaban J connectivity index is 0.00000132. The maximum atomic E-state index is 12.8. The minimum absolute atomic E-state index is 0.0883. The lowest BCUT2D eigenvalue weighted by atomic mass is 10.1. The molecule has 8 heteroatoms. The van der Waals surface area contributed by atoms with Crippen molar-refractivity contribution in [1.29, 1.82) is 0 Å². The first kappa shape index (κ1) is 22.0. The molecule has 31 heavy (non-hydrogen) atoms. The fourth-order valence-corrected chi connectivity index (χ4v) is 3.32. The summed E-state index contributed by atoms with van der Waals surface area (Å²) in [6, 6.07) is 7.92. The maximum Gasteiger partial charge on any atom is 0.274 e. The van der Waals surface area contributed by atoms with Crippen molar-refractivity contribution in [1.82, 2.24) is 30.0 Å². The number of aromatic nitrogens is 5. The summed E-state index contributed by atoms with van der Waals surface area (Å²) in [6.07, 6.45) is 7.02. The predicted octanol–water partition coefficient (Wildman–Crippen LogP) is 3.94. The van der Waals surface area contributed by atoms with Crippen molar-refractivity contribution in [2.75, 3.05) is 5.73 Å². The van der Waals surface area contributed by atoms with Crippen LogP contribution >= 0.6 is 0 Å². The number of fused-ring (bicyclic) bond motifs is 1. The molecule has 0 aliphatic heterocycles. The van der Waals surface area contributed by atoms with Crippen LogP contribution in [0.1, 0.15) is 54.5 Å². The molecule has 0 unspecified atom stereocenters. The second-order valence-corrected chi connectivity index (χ2v) is 6.98. The second kappa shape index (κ2) is 9.88. The molecule has 1 amide bonds. The third-order valence-corrected chi connectivity index (χ3v) is 4.73. The van der Waals surface area contributed by atoms with Crippen LogP contribution in [0.5, 0.6) is 0 Å². The summed E-state index contributed by atoms with van der Waals surface area (Å²) in [6.45, 7) is 8.37. The van der Waals surface area contributed by atoms with Crippen LogP contribution in [0.15, 0.2) is 42.9 Å². The number of nitrogens with zero attached hydrogens (tertiary/aromatic N) is 4. The number of carbonyl (C=O) groups is 1. The van der Waals surface area contributed by atoms with E-state index < -0.39 is 0 Å². The van der Waals surface area contributed by atoms with Gasteiger partial charge in [0.15, 0.2) is 17.3 Å². The van der Waals surface area contributed by atoms with E-state index in [1.807, 2.05) is 64.4 Å². The summed E-state index contributed by atoms with van der Waals surface area (Å²) < 4.78 is 1.65. The molecular weight excluding hydrogens is 390 g/mol. The molecule has 0 aliphatic carbocycles. The average Bonchev–Trinajstić information content (AvgIpc) is 3.43. The molecule has 0 atom stereocenters. The number of anilines is 1. The average molecular weight is 420 g/mol. The van der Waals surface area contributed by atoms with Crippen molar-refractivity contribution in [2.24, 2.45) is 0 Å². The first-order valence-electron chi connectivity index (χ1n) is 10.6. The topological polar surface area (TPSA) is 115 Å². The first-order chi connectivity index (χ1) is 15.1. The lowest BCUT2D eigenvalue weighted by Crippen LogP contribution is -2.26. The van der Waals surface area contributed by atoms with Crippen molar-refractivity contribution < 1.29 is 4.79 Å². The van der Waals surface area contributed by atoms with Gasteiger partial charge in [0.2, 0.25) is 0 Å². The number of H-pyrrole nitrogens is 1. The standard InChI is InChI=1S/C21H23N7O.C2H6/c1-3-5-17-20(28-12-13(2)10-25-28)27-19(22)18(26-17)21(29)24-11-14-6-4-7-16-15(14)8-9-23-16;1-2/h4,6-10,12,23H,3,5,11H2,1-2H3,(H2,22,27)(H,24,29);1-2H3. The minimum Gasteiger partial charge on any atom is -0.382 e. The van der Waals surface area contributed by atoms with Gasteiger partial charge in [0.05, 0.1) is 11.9 Å². The van der Waals surface area contributed by atoms with Crippen LogP contribution in [0, 0.1) is 6.92 Å². The number of nitrogens with one attached hydrogen (secondary N) is 2. The lowest BCUT2D eigenvalue weighted by Gasteiger charge is -2.12. The van der Waals surface area contributed by atoms with Crippen LogP contribution in [0.4, 0.5) is 5.82 Å². The highest BCUT2D eigenvalue weighted by atomic mass is 16.1. The minimum atomic E-state index is -0.344. The smallest absolute Gasteiger partial charge is 0.274 e. The van der Waals surface area contributed by atoms with Crippen molar-refractivity contribution in [3.63, 3.8) is 0 Å². The SMILES string of the molecule is CC.CCCc1nc(C(=O)NCc2cccc3[nH]ccc23)c(N)nc1-n1cc(C)cn1. The van der Waals surface area contributed by atoms with Crippen LogP contribution in [0.25, 0.3) is 16.7 Å². The predicted molar refractivity (Wildman–Crippen MR) is 123 cm³/mol. The van der Waals surface area contributed by atoms with E-state index in [4.69, 9.17) is 5.73 Å². The molecule has 0 spiro atoms. The van der Waals surface area contributed by atoms with Gasteiger partial charge >= 0.3 is 0 Å². The number of aryl methyl sites for hydroxylation is 2. The molecule has 0 fully saturated rings. The highest BCUT2D eigenvalue weighted by Crippen LogP contribution is 2.19. The summed E-state index contributed by atoms with van der Waals surface area (Å²) >= 11 is 0. The van der Waals surface area contributed by atoms with Gasteiger partial charge in [-0.25, -0.2) is 14.6 Å². The zero-order chi connectivity index (χ0) is 22.4. The second-order valence-electron chi connectivity index (χ2n) is 6.98. The molecule has 0 radical (unpaired) electrons. The van der Waals surface area contributed by atoms with Gasteiger partial charge in [0.1, 0.15) is 0 Å². The summed E-state index contributed by atoms with van der Waals surface area (Å²) in [7, 11) is 0. The molecule has 4 aromatic rings. The third kappa shape index (κ3) is 4.74. The molecule has 3 heterocycles. The van der Waals surface area contributed by atoms with Crippen molar-refractivity contribution in [3.05, 3.63) is 65.4 Å². The van der Waals surface area contributed by atoms with Gasteiger partial charge in [-0.15, -0.1) is 0 Å². The van der Waals surface area contributed by atoms with Gasteiger partial charge in [-0.1, -0.05) is 39.3 Å². The van der Waals surface area contributed by atoms with E-state index >= 15 is 0 Å². The van der Waals surface area contributed by atoms with Crippen molar-refractivity contribution >= 4 is 22.6 Å². The van der Waals surface area contributed by atoms with Gasteiger partial charge in [-0.05, 0) is 36.6 Å². The lowest BCUT2D eigenvalue weighted by molar-refractivity contribution is 0.0946. The summed E-state index contributed by atoms with van der Waals surface area (Å²) in [4.78, 5) is 25.0. The zero-order valence-electron chi connectivity index (χ0n) is 18.4. The van der Waals surface area contributed by atoms with E-state index in [2.05, 4.69) is 25.4 Å². The van der Waals surface area contributed by atoms with E-state index in [9.17, 15) is 4.79 Å². The Morgan fingerprint density at radius 3 is 2.74 bits per heavy atom. The Hall–Kier alpha value is -3.68. The molecule has 1 aromatic carbocycles. The van der Waals surface area contributed by atoms with Gasteiger partial charge in [0, 0.05) is 29.8 Å². The van der Waals surface area contributed by atoms with Crippen LogP contribution < -0.4 is 11.1 Å². The molecule has 0 saturated carbocycles. The number of amides is 1. The van der Waals surface area contributed by atoms with Crippen LogP contribution in [-0.2, 0) is 13.0 Å². The summed E-state index contributed by atoms with van der Waals surface area (Å²) in [5.74, 6) is 0.305. The molecule has 4 N–H and O–H groups in total. The quantitative estimate of drug-likeness (QED) is 0.438. The Morgan fingerprint density at radius 2 is 2.03 bits per heavy atom. The van der Waals surface area contributed by atoms with Crippen molar-refractivity contribution in [3.8, 4) is 5.82 Å². The first-order valence-corrected chi connectivity index (χ1v) is 10.6. The molecule has 0 bridgehead atoms. The number of hydrogen-bond acceptors (Lipinski definition) is 5. The third-order valence-electron chi connectivity index (χ3n) is 4.73. The van der Waals surface area contributed by atoms with Gasteiger partial charge in [0.25, 0.3) is 5.91 Å². The fourth-order valence-electron chi connectivity index (χ4n) is 3.32. The van der Waals surface area contributed by atoms with Crippen molar-refractivity contribution in [2.45, 2.75) is 47.1 Å². The number of nitrogen functional groups attached to an aromatic ring is 1. The normalized spacial score (nSPS) is 10.6. The molecule has 0 saturated heterocycles. The van der Waals surface area contributed by atoms with Gasteiger partial charge < -0.3 is 16.0 Å². The Kier molecular flexibility index (Phi) is 7.02. The molecule has 162 valence electrons. The largest absolute Gasteiger partial charge is 0.382 e. The van der Waals surface area contributed by atoms with E-state index in [1.165, 1.54) is 0 Å². The summed E-state index contributed by atoms with van der Waals surface area (Å²) in [5, 5.41) is 8.28. The number of hydrogen-bond donors (Lipinski definition) is 3. The molecule has 8 nitrogen and oxygen atoms in total. The van der Waals surface area contributed by atoms with Crippen LogP contribution in [0.3, 0.4) is 0 Å². The molecule has 0 aliphatic rings. The fraction of sp³-hybridized carbons (Fsp3) is 0.304. The Bertz CT molecular complexity index is 1180. The number of aromatic amines is 1. The van der Waals surface area contributed by atoms with E-state index in [0.717, 1.165) is 28.5 Å². The van der Waals surface area contributed by atoms with E-state index in [-0.39, 0.29) is 17.4 Å².